The van der Waals surface area contributed by atoms with Crippen LogP contribution in [0.25, 0.3) is 10.9 Å². The van der Waals surface area contributed by atoms with Crippen molar-refractivity contribution < 1.29 is 4.79 Å². The van der Waals surface area contributed by atoms with Gasteiger partial charge in [0.05, 0.1) is 5.52 Å². The van der Waals surface area contributed by atoms with Crippen LogP contribution < -0.4 is 0 Å². The zero-order valence-corrected chi connectivity index (χ0v) is 9.09. The predicted molar refractivity (Wildman–Crippen MR) is 63.8 cm³/mol. The fourth-order valence-corrected chi connectivity index (χ4v) is 1.93. The van der Waals surface area contributed by atoms with Gasteiger partial charge in [0.15, 0.2) is 0 Å². The van der Waals surface area contributed by atoms with Crippen molar-refractivity contribution in [1.82, 2.24) is 4.98 Å². The third kappa shape index (κ3) is 1.82. The summed E-state index contributed by atoms with van der Waals surface area (Å²) in [5.41, 5.74) is 2.29. The van der Waals surface area contributed by atoms with Gasteiger partial charge in [0.25, 0.3) is 0 Å². The smallest absolute Gasteiger partial charge is 0.263 e. The van der Waals surface area contributed by atoms with Crippen LogP contribution in [0.15, 0.2) is 35.5 Å². The molecule has 1 aromatic heterocycles. The van der Waals surface area contributed by atoms with Crippen molar-refractivity contribution in [2.24, 2.45) is 5.18 Å². The van der Waals surface area contributed by atoms with E-state index in [-0.39, 0.29) is 0 Å². The molecule has 1 aliphatic rings. The Balaban J connectivity index is 2.08. The van der Waals surface area contributed by atoms with Gasteiger partial charge in [-0.05, 0) is 37.1 Å². The van der Waals surface area contributed by atoms with E-state index >= 15 is 0 Å². The summed E-state index contributed by atoms with van der Waals surface area (Å²) < 4.78 is 0. The maximum atomic E-state index is 11.1. The first-order chi connectivity index (χ1) is 8.28. The van der Waals surface area contributed by atoms with Gasteiger partial charge >= 0.3 is 5.91 Å². The number of amides is 1. The van der Waals surface area contributed by atoms with Gasteiger partial charge in [-0.3, -0.25) is 9.78 Å². The zero-order chi connectivity index (χ0) is 11.8. The summed E-state index contributed by atoms with van der Waals surface area (Å²) >= 11 is 0. The molecule has 17 heavy (non-hydrogen) atoms. The minimum atomic E-state index is -0.738. The van der Waals surface area contributed by atoms with Crippen LogP contribution in [0.4, 0.5) is 0 Å². The van der Waals surface area contributed by atoms with E-state index < -0.39 is 5.91 Å². The Labute approximate surface area is 97.6 Å². The van der Waals surface area contributed by atoms with Gasteiger partial charge in [-0.2, -0.15) is 0 Å². The lowest BCUT2D eigenvalue weighted by molar-refractivity contribution is 0.100. The minimum Gasteiger partial charge on any atom is -0.263 e. The van der Waals surface area contributed by atoms with Gasteiger partial charge in [-0.1, -0.05) is 6.07 Å². The number of rotatable bonds is 2. The van der Waals surface area contributed by atoms with Gasteiger partial charge in [-0.25, -0.2) is 0 Å². The largest absolute Gasteiger partial charge is 0.316 e. The molecule has 0 saturated heterocycles. The van der Waals surface area contributed by atoms with Crippen molar-refractivity contribution in [2.45, 2.75) is 18.8 Å². The first-order valence-electron chi connectivity index (χ1n) is 5.56. The van der Waals surface area contributed by atoms with Crippen LogP contribution in [-0.2, 0) is 0 Å². The number of hydrogen-bond acceptors (Lipinski definition) is 3. The van der Waals surface area contributed by atoms with Crippen molar-refractivity contribution in [3.05, 3.63) is 46.5 Å². The van der Waals surface area contributed by atoms with E-state index in [0.29, 0.717) is 11.5 Å². The minimum absolute atomic E-state index is 0.313. The number of benzene rings is 1. The second-order valence-electron chi connectivity index (χ2n) is 4.31. The molecule has 3 rings (SSSR count). The van der Waals surface area contributed by atoms with E-state index in [2.05, 4.69) is 10.2 Å². The van der Waals surface area contributed by atoms with E-state index in [1.54, 1.807) is 18.2 Å². The molecule has 0 radical (unpaired) electrons. The van der Waals surface area contributed by atoms with Crippen molar-refractivity contribution in [1.29, 1.82) is 0 Å². The highest BCUT2D eigenvalue weighted by molar-refractivity contribution is 5.98. The Morgan fingerprint density at radius 3 is 2.76 bits per heavy atom. The Hall–Kier alpha value is -2.10. The number of nitroso groups, excluding NO2 is 1. The molecular formula is C13H10N2O2. The normalized spacial score (nSPS) is 14.8. The monoisotopic (exact) mass is 226 g/mol. The molecule has 0 atom stereocenters. The maximum absolute atomic E-state index is 11.1. The second kappa shape index (κ2) is 3.73. The summed E-state index contributed by atoms with van der Waals surface area (Å²) in [6.45, 7) is 0. The van der Waals surface area contributed by atoms with Gasteiger partial charge < -0.3 is 0 Å². The molecule has 84 valence electrons. The first-order valence-corrected chi connectivity index (χ1v) is 5.56. The zero-order valence-electron chi connectivity index (χ0n) is 9.09. The van der Waals surface area contributed by atoms with E-state index in [1.165, 1.54) is 12.8 Å². The molecule has 1 heterocycles. The van der Waals surface area contributed by atoms with Crippen LogP contribution in [0.2, 0.25) is 0 Å². The van der Waals surface area contributed by atoms with Gasteiger partial charge in [0, 0.05) is 27.7 Å². The summed E-state index contributed by atoms with van der Waals surface area (Å²) in [7, 11) is 0. The van der Waals surface area contributed by atoms with Crippen LogP contribution in [0.3, 0.4) is 0 Å². The molecule has 1 fully saturated rings. The van der Waals surface area contributed by atoms with Gasteiger partial charge in [0.2, 0.25) is 0 Å². The highest BCUT2D eigenvalue weighted by atomic mass is 16.3. The molecule has 4 heteroatoms. The summed E-state index contributed by atoms with van der Waals surface area (Å²) in [6, 6.07) is 8.94. The summed E-state index contributed by atoms with van der Waals surface area (Å²) in [4.78, 5) is 25.9. The number of carbonyl (C=O) groups excluding carboxylic acids is 1. The number of pyridine rings is 1. The molecule has 1 amide bonds. The molecule has 4 nitrogen and oxygen atoms in total. The Morgan fingerprint density at radius 1 is 1.24 bits per heavy atom. The Bertz CT molecular complexity index is 618. The number of aromatic nitrogens is 1. The standard InChI is InChI=1S/C13H10N2O2/c16-13(15-17)10-4-6-12-9(7-10)3-5-11(14-12)8-1-2-8/h3-8H,1-2H2. The molecule has 1 saturated carbocycles. The SMILES string of the molecule is O=NC(=O)c1ccc2nc(C3CC3)ccc2c1. The van der Waals surface area contributed by atoms with Crippen LogP contribution in [-0.4, -0.2) is 10.9 Å². The average molecular weight is 226 g/mol. The molecule has 0 spiro atoms. The van der Waals surface area contributed by atoms with Gasteiger partial charge in [0.1, 0.15) is 0 Å². The molecule has 0 aliphatic heterocycles. The first kappa shape index (κ1) is 10.1. The van der Waals surface area contributed by atoms with E-state index in [4.69, 9.17) is 0 Å². The Morgan fingerprint density at radius 2 is 2.06 bits per heavy atom. The maximum Gasteiger partial charge on any atom is 0.316 e. The topological polar surface area (TPSA) is 59.4 Å². The second-order valence-corrected chi connectivity index (χ2v) is 4.31. The summed E-state index contributed by atoms with van der Waals surface area (Å²) in [5.74, 6) is -0.129. The summed E-state index contributed by atoms with van der Waals surface area (Å²) in [5, 5.41) is 3.28. The van der Waals surface area contributed by atoms with Crippen molar-refractivity contribution in [2.75, 3.05) is 0 Å². The molecule has 0 N–H and O–H groups in total. The predicted octanol–water partition coefficient (Wildman–Crippen LogP) is 3.02. The lowest BCUT2D eigenvalue weighted by atomic mass is 10.1. The number of carbonyl (C=O) groups is 1. The van der Waals surface area contributed by atoms with Crippen LogP contribution in [0, 0.1) is 4.91 Å². The van der Waals surface area contributed by atoms with E-state index in [1.807, 2.05) is 12.1 Å². The average Bonchev–Trinajstić information content (AvgIpc) is 3.21. The molecule has 1 aromatic carbocycles. The highest BCUT2D eigenvalue weighted by Crippen LogP contribution is 2.39. The summed E-state index contributed by atoms with van der Waals surface area (Å²) in [6.07, 6.45) is 2.42. The molecular weight excluding hydrogens is 216 g/mol. The lowest BCUT2D eigenvalue weighted by Gasteiger charge is -2.02. The lowest BCUT2D eigenvalue weighted by Crippen LogP contribution is -1.94. The fourth-order valence-electron chi connectivity index (χ4n) is 1.93. The van der Waals surface area contributed by atoms with E-state index in [0.717, 1.165) is 16.6 Å². The number of fused-ring (bicyclic) bond motifs is 1. The van der Waals surface area contributed by atoms with Crippen LogP contribution in [0.5, 0.6) is 0 Å². The third-order valence-corrected chi connectivity index (χ3v) is 3.04. The number of hydrogen-bond donors (Lipinski definition) is 0. The third-order valence-electron chi connectivity index (χ3n) is 3.04. The van der Waals surface area contributed by atoms with Crippen LogP contribution >= 0.6 is 0 Å². The Kier molecular flexibility index (Phi) is 2.21. The van der Waals surface area contributed by atoms with Crippen molar-refractivity contribution in [3.8, 4) is 0 Å². The van der Waals surface area contributed by atoms with Crippen molar-refractivity contribution in [3.63, 3.8) is 0 Å². The number of nitrogens with zero attached hydrogens (tertiary/aromatic N) is 2. The molecule has 0 bridgehead atoms. The van der Waals surface area contributed by atoms with E-state index in [9.17, 15) is 9.70 Å². The van der Waals surface area contributed by atoms with Gasteiger partial charge in [-0.15, -0.1) is 4.91 Å². The molecule has 0 unspecified atom stereocenters. The molecule has 2 aromatic rings. The quantitative estimate of drug-likeness (QED) is 0.739. The van der Waals surface area contributed by atoms with Crippen molar-refractivity contribution >= 4 is 16.8 Å². The highest BCUT2D eigenvalue weighted by Gasteiger charge is 2.24. The van der Waals surface area contributed by atoms with Crippen LogP contribution in [0.1, 0.15) is 34.8 Å². The molecule has 1 aliphatic carbocycles. The fraction of sp³-hybridized carbons (Fsp3) is 0.231.